The fourth-order valence-electron chi connectivity index (χ4n) is 2.48. The zero-order chi connectivity index (χ0) is 15.4. The molecule has 0 aliphatic heterocycles. The smallest absolute Gasteiger partial charge is 0.324 e. The zero-order valence-electron chi connectivity index (χ0n) is 12.7. The third-order valence-electron chi connectivity index (χ3n) is 3.84. The van der Waals surface area contributed by atoms with E-state index >= 15 is 0 Å². The largest absolute Gasteiger partial charge is 0.480 e. The summed E-state index contributed by atoms with van der Waals surface area (Å²) in [5.74, 6) is -1.07. The first-order chi connectivity index (χ1) is 9.06. The Bertz CT molecular complexity index is 429. The molecule has 0 saturated heterocycles. The second-order valence-electron chi connectivity index (χ2n) is 7.03. The molecule has 1 fully saturated rings. The van der Waals surface area contributed by atoms with Crippen molar-refractivity contribution in [2.75, 3.05) is 5.75 Å². The van der Waals surface area contributed by atoms with Gasteiger partial charge in [0.15, 0.2) is 0 Å². The van der Waals surface area contributed by atoms with Crippen molar-refractivity contribution in [3.8, 4) is 0 Å². The monoisotopic (exact) mass is 305 g/mol. The molecule has 2 N–H and O–H groups in total. The van der Waals surface area contributed by atoms with E-state index in [0.717, 1.165) is 25.7 Å². The highest BCUT2D eigenvalue weighted by Gasteiger charge is 2.42. The molecule has 0 unspecified atom stereocenters. The number of sulfonamides is 1. The summed E-state index contributed by atoms with van der Waals surface area (Å²) in [7, 11) is -3.56. The van der Waals surface area contributed by atoms with Crippen LogP contribution in [-0.4, -0.2) is 30.8 Å². The standard InChI is InChI=1S/C14H27NO4S/c1-13(2,3)10-11-20(18,19)15-14(12(16)17)8-6-4-5-7-9-14/h15H,4-11H2,1-3H3,(H,16,17). The number of carbonyl (C=O) groups is 1. The quantitative estimate of drug-likeness (QED) is 0.764. The maximum Gasteiger partial charge on any atom is 0.324 e. The molecule has 5 nitrogen and oxygen atoms in total. The van der Waals surface area contributed by atoms with Crippen molar-refractivity contribution in [2.24, 2.45) is 5.41 Å². The Morgan fingerprint density at radius 1 is 1.15 bits per heavy atom. The van der Waals surface area contributed by atoms with Crippen molar-refractivity contribution >= 4 is 16.0 Å². The molecule has 1 rings (SSSR count). The van der Waals surface area contributed by atoms with Crippen LogP contribution in [-0.2, 0) is 14.8 Å². The summed E-state index contributed by atoms with van der Waals surface area (Å²) in [4.78, 5) is 11.6. The van der Waals surface area contributed by atoms with Gasteiger partial charge in [-0.15, -0.1) is 0 Å². The van der Waals surface area contributed by atoms with Crippen molar-refractivity contribution in [3.63, 3.8) is 0 Å². The minimum atomic E-state index is -3.56. The Kier molecular flexibility index (Phi) is 5.61. The number of carboxylic acids is 1. The van der Waals surface area contributed by atoms with E-state index in [1.807, 2.05) is 20.8 Å². The summed E-state index contributed by atoms with van der Waals surface area (Å²) < 4.78 is 26.9. The Hall–Kier alpha value is -0.620. The Morgan fingerprint density at radius 2 is 1.65 bits per heavy atom. The first-order valence-electron chi connectivity index (χ1n) is 7.31. The van der Waals surface area contributed by atoms with Gasteiger partial charge in [0, 0.05) is 0 Å². The number of aliphatic carboxylic acids is 1. The number of hydrogen-bond donors (Lipinski definition) is 2. The molecule has 0 aromatic rings. The summed E-state index contributed by atoms with van der Waals surface area (Å²) in [6.07, 6.45) is 4.74. The number of nitrogens with one attached hydrogen (secondary N) is 1. The number of carboxylic acid groups (broad SMARTS) is 1. The molecule has 0 atom stereocenters. The van der Waals surface area contributed by atoms with Crippen molar-refractivity contribution in [1.29, 1.82) is 0 Å². The van der Waals surface area contributed by atoms with Gasteiger partial charge in [0.1, 0.15) is 5.54 Å². The van der Waals surface area contributed by atoms with Gasteiger partial charge in [0.05, 0.1) is 5.75 Å². The van der Waals surface area contributed by atoms with Gasteiger partial charge in [-0.25, -0.2) is 8.42 Å². The highest BCUT2D eigenvalue weighted by Crippen LogP contribution is 2.29. The third kappa shape index (κ3) is 5.40. The first kappa shape index (κ1) is 17.4. The average molecular weight is 305 g/mol. The summed E-state index contributed by atoms with van der Waals surface area (Å²) in [5.41, 5.74) is -1.39. The van der Waals surface area contributed by atoms with Gasteiger partial charge in [-0.1, -0.05) is 46.5 Å². The molecule has 0 aromatic heterocycles. The van der Waals surface area contributed by atoms with E-state index in [4.69, 9.17) is 0 Å². The van der Waals surface area contributed by atoms with Crippen molar-refractivity contribution in [1.82, 2.24) is 4.72 Å². The SMILES string of the molecule is CC(C)(C)CCS(=O)(=O)NC1(C(=O)O)CCCCCC1. The minimum Gasteiger partial charge on any atom is -0.480 e. The van der Waals surface area contributed by atoms with Gasteiger partial charge in [0.2, 0.25) is 10.0 Å². The lowest BCUT2D eigenvalue weighted by molar-refractivity contribution is -0.144. The lowest BCUT2D eigenvalue weighted by atomic mass is 9.92. The van der Waals surface area contributed by atoms with Crippen LogP contribution < -0.4 is 4.72 Å². The lowest BCUT2D eigenvalue weighted by Gasteiger charge is -2.29. The highest BCUT2D eigenvalue weighted by atomic mass is 32.2. The molecule has 0 spiro atoms. The molecule has 0 radical (unpaired) electrons. The summed E-state index contributed by atoms with van der Waals surface area (Å²) in [5, 5.41) is 9.48. The molecule has 20 heavy (non-hydrogen) atoms. The molecule has 1 aliphatic rings. The molecule has 0 heterocycles. The fraction of sp³-hybridized carbons (Fsp3) is 0.929. The molecular weight excluding hydrogens is 278 g/mol. The molecule has 0 aromatic carbocycles. The van der Waals surface area contributed by atoms with E-state index in [1.54, 1.807) is 0 Å². The highest BCUT2D eigenvalue weighted by molar-refractivity contribution is 7.89. The van der Waals surface area contributed by atoms with E-state index in [9.17, 15) is 18.3 Å². The molecule has 1 aliphatic carbocycles. The van der Waals surface area contributed by atoms with E-state index in [2.05, 4.69) is 4.72 Å². The van der Waals surface area contributed by atoms with Gasteiger partial charge < -0.3 is 5.11 Å². The van der Waals surface area contributed by atoms with Crippen LogP contribution in [0, 0.1) is 5.41 Å². The molecule has 0 bridgehead atoms. The van der Waals surface area contributed by atoms with Gasteiger partial charge in [-0.2, -0.15) is 4.72 Å². The normalized spacial score (nSPS) is 20.4. The van der Waals surface area contributed by atoms with Crippen LogP contribution in [0.15, 0.2) is 0 Å². The van der Waals surface area contributed by atoms with Crippen LogP contribution in [0.25, 0.3) is 0 Å². The zero-order valence-corrected chi connectivity index (χ0v) is 13.6. The molecular formula is C14H27NO4S. The molecule has 118 valence electrons. The van der Waals surface area contributed by atoms with Crippen molar-refractivity contribution in [3.05, 3.63) is 0 Å². The Balaban J connectivity index is 2.81. The Labute approximate surface area is 122 Å². The van der Waals surface area contributed by atoms with Gasteiger partial charge >= 0.3 is 5.97 Å². The van der Waals surface area contributed by atoms with Crippen molar-refractivity contribution < 1.29 is 18.3 Å². The van der Waals surface area contributed by atoms with E-state index in [-0.39, 0.29) is 11.2 Å². The predicted octanol–water partition coefficient (Wildman–Crippen LogP) is 2.52. The molecule has 6 heteroatoms. The number of hydrogen-bond acceptors (Lipinski definition) is 3. The minimum absolute atomic E-state index is 0.0223. The number of rotatable bonds is 5. The van der Waals surface area contributed by atoms with E-state index < -0.39 is 21.5 Å². The second-order valence-corrected chi connectivity index (χ2v) is 8.87. The van der Waals surface area contributed by atoms with E-state index in [1.165, 1.54) is 0 Å². The van der Waals surface area contributed by atoms with Crippen LogP contribution in [0.4, 0.5) is 0 Å². The summed E-state index contributed by atoms with van der Waals surface area (Å²) >= 11 is 0. The van der Waals surface area contributed by atoms with E-state index in [0.29, 0.717) is 19.3 Å². The molecule has 1 saturated carbocycles. The van der Waals surface area contributed by atoms with Gasteiger partial charge in [-0.05, 0) is 24.7 Å². The Morgan fingerprint density at radius 3 is 2.05 bits per heavy atom. The van der Waals surface area contributed by atoms with Gasteiger partial charge in [0.25, 0.3) is 0 Å². The predicted molar refractivity (Wildman–Crippen MR) is 79.1 cm³/mol. The van der Waals surface area contributed by atoms with Crippen LogP contribution in [0.1, 0.15) is 65.7 Å². The van der Waals surface area contributed by atoms with Crippen LogP contribution in [0.2, 0.25) is 0 Å². The first-order valence-corrected chi connectivity index (χ1v) is 8.97. The summed E-state index contributed by atoms with van der Waals surface area (Å²) in [6, 6.07) is 0. The third-order valence-corrected chi connectivity index (χ3v) is 5.28. The maximum absolute atomic E-state index is 12.2. The summed E-state index contributed by atoms with van der Waals surface area (Å²) in [6.45, 7) is 5.92. The molecule has 0 amide bonds. The maximum atomic E-state index is 12.2. The van der Waals surface area contributed by atoms with Crippen LogP contribution in [0.5, 0.6) is 0 Å². The van der Waals surface area contributed by atoms with Gasteiger partial charge in [-0.3, -0.25) is 4.79 Å². The lowest BCUT2D eigenvalue weighted by Crippen LogP contribution is -2.54. The topological polar surface area (TPSA) is 83.5 Å². The second kappa shape index (κ2) is 6.43. The van der Waals surface area contributed by atoms with Crippen LogP contribution >= 0.6 is 0 Å². The van der Waals surface area contributed by atoms with Crippen molar-refractivity contribution in [2.45, 2.75) is 71.3 Å². The van der Waals surface area contributed by atoms with Crippen LogP contribution in [0.3, 0.4) is 0 Å². The average Bonchev–Trinajstić information content (AvgIpc) is 2.52. The fourth-order valence-corrected chi connectivity index (χ4v) is 4.35.